The highest BCUT2D eigenvalue weighted by atomic mass is 32.2. The van der Waals surface area contributed by atoms with E-state index in [4.69, 9.17) is 0 Å². The Labute approximate surface area is 122 Å². The van der Waals surface area contributed by atoms with Gasteiger partial charge >= 0.3 is 0 Å². The van der Waals surface area contributed by atoms with Crippen LogP contribution in [0.2, 0.25) is 0 Å². The van der Waals surface area contributed by atoms with Gasteiger partial charge in [0.2, 0.25) is 0 Å². The Morgan fingerprint density at radius 2 is 2.16 bits per heavy atom. The molecule has 2 aliphatic heterocycles. The van der Waals surface area contributed by atoms with Gasteiger partial charge in [0, 0.05) is 17.8 Å². The van der Waals surface area contributed by atoms with Crippen LogP contribution in [0.4, 0.5) is 0 Å². The molecule has 0 aliphatic carbocycles. The van der Waals surface area contributed by atoms with Gasteiger partial charge in [-0.1, -0.05) is 39.0 Å². The van der Waals surface area contributed by atoms with E-state index < -0.39 is 0 Å². The molecule has 0 bridgehead atoms. The summed E-state index contributed by atoms with van der Waals surface area (Å²) in [5.41, 5.74) is 0.409. The van der Waals surface area contributed by atoms with E-state index in [1.54, 1.807) is 0 Å². The first-order valence-electron chi connectivity index (χ1n) is 7.59. The van der Waals surface area contributed by atoms with Crippen molar-refractivity contribution in [2.45, 2.75) is 57.7 Å². The van der Waals surface area contributed by atoms with Crippen LogP contribution in [0.25, 0.3) is 0 Å². The monoisotopic (exact) mass is 283 g/mol. The van der Waals surface area contributed by atoms with E-state index in [1.807, 2.05) is 11.8 Å². The minimum atomic E-state index is 0.409. The molecule has 3 nitrogen and oxygen atoms in total. The summed E-state index contributed by atoms with van der Waals surface area (Å²) < 4.78 is 0. The SMILES string of the molecule is CN1CCCCC1CNC1=NCC(CC(C)(C)C)S1. The highest BCUT2D eigenvalue weighted by molar-refractivity contribution is 8.14. The molecule has 0 saturated carbocycles. The second kappa shape index (κ2) is 6.49. The van der Waals surface area contributed by atoms with Gasteiger partial charge in [-0.2, -0.15) is 0 Å². The second-order valence-electron chi connectivity index (χ2n) is 7.16. The van der Waals surface area contributed by atoms with Crippen LogP contribution in [0.15, 0.2) is 4.99 Å². The van der Waals surface area contributed by atoms with E-state index >= 15 is 0 Å². The number of likely N-dealkylation sites (tertiary alicyclic amines) is 1. The molecule has 2 aliphatic rings. The zero-order valence-electron chi connectivity index (χ0n) is 12.9. The van der Waals surface area contributed by atoms with Gasteiger partial charge in [0.15, 0.2) is 5.17 Å². The number of piperidine rings is 1. The first-order chi connectivity index (χ1) is 8.94. The van der Waals surface area contributed by atoms with E-state index in [9.17, 15) is 0 Å². The third-order valence-corrected chi connectivity index (χ3v) is 5.11. The Balaban J connectivity index is 1.70. The maximum absolute atomic E-state index is 4.66. The second-order valence-corrected chi connectivity index (χ2v) is 8.45. The molecule has 110 valence electrons. The molecular weight excluding hydrogens is 254 g/mol. The van der Waals surface area contributed by atoms with Crippen molar-refractivity contribution in [3.63, 3.8) is 0 Å². The smallest absolute Gasteiger partial charge is 0.156 e. The summed E-state index contributed by atoms with van der Waals surface area (Å²) in [7, 11) is 2.25. The molecule has 0 spiro atoms. The minimum Gasteiger partial charge on any atom is -0.363 e. The molecule has 1 saturated heterocycles. The molecule has 2 atom stereocenters. The maximum atomic E-state index is 4.66. The molecule has 2 unspecified atom stereocenters. The molecule has 2 rings (SSSR count). The molecule has 0 aromatic rings. The summed E-state index contributed by atoms with van der Waals surface area (Å²) in [5.74, 6) is 0. The highest BCUT2D eigenvalue weighted by Gasteiger charge is 2.26. The molecule has 2 heterocycles. The van der Waals surface area contributed by atoms with Crippen LogP contribution in [0.1, 0.15) is 46.5 Å². The van der Waals surface area contributed by atoms with Crippen molar-refractivity contribution in [3.05, 3.63) is 0 Å². The Hall–Kier alpha value is -0.220. The topological polar surface area (TPSA) is 27.6 Å². The number of nitrogens with zero attached hydrogens (tertiary/aromatic N) is 2. The third kappa shape index (κ3) is 4.99. The lowest BCUT2D eigenvalue weighted by atomic mass is 9.90. The lowest BCUT2D eigenvalue weighted by Gasteiger charge is -2.32. The summed E-state index contributed by atoms with van der Waals surface area (Å²) in [5, 5.41) is 5.42. The predicted octanol–water partition coefficient (Wildman–Crippen LogP) is 2.97. The fourth-order valence-corrected chi connectivity index (χ4v) is 4.27. The van der Waals surface area contributed by atoms with Crippen LogP contribution >= 0.6 is 11.8 Å². The van der Waals surface area contributed by atoms with Crippen LogP contribution < -0.4 is 5.32 Å². The molecule has 0 aromatic carbocycles. The number of rotatable bonds is 3. The number of hydrogen-bond donors (Lipinski definition) is 1. The normalized spacial score (nSPS) is 29.4. The fraction of sp³-hybridized carbons (Fsp3) is 0.933. The number of aliphatic imine (C=N–C) groups is 1. The van der Waals surface area contributed by atoms with Crippen molar-refractivity contribution in [2.24, 2.45) is 10.4 Å². The van der Waals surface area contributed by atoms with E-state index in [0.717, 1.165) is 13.1 Å². The fourth-order valence-electron chi connectivity index (χ4n) is 2.91. The van der Waals surface area contributed by atoms with Gasteiger partial charge in [0.05, 0.1) is 6.54 Å². The van der Waals surface area contributed by atoms with Crippen molar-refractivity contribution in [1.82, 2.24) is 10.2 Å². The van der Waals surface area contributed by atoms with E-state index in [1.165, 1.54) is 37.4 Å². The van der Waals surface area contributed by atoms with Crippen molar-refractivity contribution in [1.29, 1.82) is 0 Å². The first-order valence-corrected chi connectivity index (χ1v) is 8.47. The summed E-state index contributed by atoms with van der Waals surface area (Å²) >= 11 is 1.95. The van der Waals surface area contributed by atoms with Gasteiger partial charge in [0.25, 0.3) is 0 Å². The zero-order chi connectivity index (χ0) is 13.9. The van der Waals surface area contributed by atoms with Crippen molar-refractivity contribution >= 4 is 16.9 Å². The molecular formula is C15H29N3S. The van der Waals surface area contributed by atoms with Gasteiger partial charge in [-0.05, 0) is 38.3 Å². The molecule has 19 heavy (non-hydrogen) atoms. The number of nitrogens with one attached hydrogen (secondary N) is 1. The number of amidine groups is 1. The summed E-state index contributed by atoms with van der Waals surface area (Å²) in [6.45, 7) is 10.2. The molecule has 4 heteroatoms. The van der Waals surface area contributed by atoms with Gasteiger partial charge in [-0.25, -0.2) is 0 Å². The molecule has 0 radical (unpaired) electrons. The van der Waals surface area contributed by atoms with E-state index in [-0.39, 0.29) is 0 Å². The van der Waals surface area contributed by atoms with Gasteiger partial charge in [0.1, 0.15) is 0 Å². The minimum absolute atomic E-state index is 0.409. The number of hydrogen-bond acceptors (Lipinski definition) is 4. The summed E-state index contributed by atoms with van der Waals surface area (Å²) in [4.78, 5) is 7.15. The number of likely N-dealkylation sites (N-methyl/N-ethyl adjacent to an activating group) is 1. The average Bonchev–Trinajstić information content (AvgIpc) is 2.73. The van der Waals surface area contributed by atoms with Crippen LogP contribution in [0.3, 0.4) is 0 Å². The standard InChI is InChI=1S/C15H29N3S/c1-15(2,3)9-13-11-17-14(19-13)16-10-12-7-5-6-8-18(12)4/h12-13H,5-11H2,1-4H3,(H,16,17). The van der Waals surface area contributed by atoms with Crippen molar-refractivity contribution < 1.29 is 0 Å². The maximum Gasteiger partial charge on any atom is 0.156 e. The Morgan fingerprint density at radius 3 is 2.84 bits per heavy atom. The van der Waals surface area contributed by atoms with Crippen LogP contribution in [-0.4, -0.2) is 48.0 Å². The van der Waals surface area contributed by atoms with Crippen molar-refractivity contribution in [2.75, 3.05) is 26.7 Å². The Kier molecular flexibility index (Phi) is 5.18. The van der Waals surface area contributed by atoms with Gasteiger partial charge < -0.3 is 10.2 Å². The molecule has 0 aromatic heterocycles. The summed E-state index contributed by atoms with van der Waals surface area (Å²) in [6.07, 6.45) is 5.31. The average molecular weight is 283 g/mol. The van der Waals surface area contributed by atoms with Crippen molar-refractivity contribution in [3.8, 4) is 0 Å². The number of thioether (sulfide) groups is 1. The predicted molar refractivity (Wildman–Crippen MR) is 86.0 cm³/mol. The zero-order valence-corrected chi connectivity index (χ0v) is 13.7. The quantitative estimate of drug-likeness (QED) is 0.863. The first kappa shape index (κ1) is 15.2. The summed E-state index contributed by atoms with van der Waals surface area (Å²) in [6, 6.07) is 0.693. The van der Waals surface area contributed by atoms with Gasteiger partial charge in [-0.15, -0.1) is 0 Å². The lowest BCUT2D eigenvalue weighted by molar-refractivity contribution is 0.187. The Morgan fingerprint density at radius 1 is 1.37 bits per heavy atom. The third-order valence-electron chi connectivity index (χ3n) is 3.97. The molecule has 1 N–H and O–H groups in total. The molecule has 1 fully saturated rings. The van der Waals surface area contributed by atoms with E-state index in [2.05, 4.69) is 43.0 Å². The van der Waals surface area contributed by atoms with Crippen LogP contribution in [0, 0.1) is 5.41 Å². The van der Waals surface area contributed by atoms with E-state index in [0.29, 0.717) is 16.7 Å². The highest BCUT2D eigenvalue weighted by Crippen LogP contribution is 2.31. The van der Waals surface area contributed by atoms with Gasteiger partial charge in [-0.3, -0.25) is 4.99 Å². The largest absolute Gasteiger partial charge is 0.363 e. The Bertz CT molecular complexity index is 322. The molecule has 0 amide bonds. The lowest BCUT2D eigenvalue weighted by Crippen LogP contribution is -2.44. The van der Waals surface area contributed by atoms with Crippen LogP contribution in [-0.2, 0) is 0 Å². The van der Waals surface area contributed by atoms with Crippen LogP contribution in [0.5, 0.6) is 0 Å².